The molecule has 0 atom stereocenters. The lowest BCUT2D eigenvalue weighted by Crippen LogP contribution is -2.37. The smallest absolute Gasteiger partial charge is 0.315 e. The van der Waals surface area contributed by atoms with E-state index < -0.39 is 0 Å². The first-order chi connectivity index (χ1) is 11.1. The maximum Gasteiger partial charge on any atom is 0.315 e. The van der Waals surface area contributed by atoms with E-state index in [0.29, 0.717) is 22.9 Å². The fourth-order valence-corrected chi connectivity index (χ4v) is 2.10. The number of carbonyl (C=O) groups is 1. The number of ether oxygens (including phenoxy) is 1. The van der Waals surface area contributed by atoms with Gasteiger partial charge in [-0.2, -0.15) is 0 Å². The minimum atomic E-state index is -0.382. The predicted octanol–water partition coefficient (Wildman–Crippen LogP) is 3.67. The first-order valence-corrected chi connectivity index (χ1v) is 7.58. The van der Waals surface area contributed by atoms with Crippen molar-refractivity contribution in [2.24, 2.45) is 0 Å². The lowest BCUT2D eigenvalue weighted by atomic mass is 10.2. The third-order valence-electron chi connectivity index (χ3n) is 3.13. The van der Waals surface area contributed by atoms with Gasteiger partial charge in [0.05, 0.1) is 11.6 Å². The van der Waals surface area contributed by atoms with Crippen LogP contribution in [0.1, 0.15) is 11.1 Å². The number of carbonyl (C=O) groups excluding carboxylic acids is 1. The zero-order valence-electron chi connectivity index (χ0n) is 12.7. The number of halogens is 2. The van der Waals surface area contributed by atoms with Gasteiger partial charge in [0.1, 0.15) is 18.2 Å². The Bertz CT molecular complexity index is 679. The number of urea groups is 1. The van der Waals surface area contributed by atoms with Gasteiger partial charge in [-0.3, -0.25) is 0 Å². The molecule has 0 aliphatic rings. The van der Waals surface area contributed by atoms with Crippen LogP contribution in [-0.4, -0.2) is 19.2 Å². The fraction of sp³-hybridized carbons (Fsp3) is 0.235. The van der Waals surface area contributed by atoms with Gasteiger partial charge < -0.3 is 15.4 Å². The summed E-state index contributed by atoms with van der Waals surface area (Å²) in [6, 6.07) is 11.4. The molecule has 2 aromatic carbocycles. The van der Waals surface area contributed by atoms with Crippen LogP contribution >= 0.6 is 11.6 Å². The summed E-state index contributed by atoms with van der Waals surface area (Å²) in [5, 5.41) is 5.75. The van der Waals surface area contributed by atoms with Gasteiger partial charge in [0, 0.05) is 12.1 Å². The van der Waals surface area contributed by atoms with E-state index in [0.717, 1.165) is 5.56 Å². The molecule has 2 amide bonds. The summed E-state index contributed by atoms with van der Waals surface area (Å²) in [4.78, 5) is 11.6. The van der Waals surface area contributed by atoms with Crippen LogP contribution in [0, 0.1) is 12.7 Å². The van der Waals surface area contributed by atoms with Crippen LogP contribution in [-0.2, 0) is 6.54 Å². The molecule has 0 aromatic heterocycles. The van der Waals surface area contributed by atoms with Crippen LogP contribution in [0.3, 0.4) is 0 Å². The van der Waals surface area contributed by atoms with E-state index in [1.165, 1.54) is 6.07 Å². The number of benzene rings is 2. The number of aryl methyl sites for hydroxylation is 1. The fourth-order valence-electron chi connectivity index (χ4n) is 1.93. The zero-order valence-corrected chi connectivity index (χ0v) is 13.5. The second-order valence-electron chi connectivity index (χ2n) is 4.98. The van der Waals surface area contributed by atoms with Crippen molar-refractivity contribution >= 4 is 17.6 Å². The molecule has 0 saturated heterocycles. The first kappa shape index (κ1) is 17.1. The molecule has 0 unspecified atom stereocenters. The van der Waals surface area contributed by atoms with Crippen LogP contribution in [0.4, 0.5) is 9.18 Å². The molecule has 4 nitrogen and oxygen atoms in total. The summed E-state index contributed by atoms with van der Waals surface area (Å²) in [5.41, 5.74) is 1.48. The molecule has 6 heteroatoms. The van der Waals surface area contributed by atoms with E-state index in [1.807, 2.05) is 19.1 Å². The van der Waals surface area contributed by atoms with E-state index in [9.17, 15) is 9.18 Å². The summed E-state index contributed by atoms with van der Waals surface area (Å²) >= 11 is 6.01. The topological polar surface area (TPSA) is 50.4 Å². The maximum atomic E-state index is 13.4. The normalized spacial score (nSPS) is 10.2. The monoisotopic (exact) mass is 336 g/mol. The maximum absolute atomic E-state index is 13.4. The molecule has 2 aromatic rings. The highest BCUT2D eigenvalue weighted by Crippen LogP contribution is 2.24. The highest BCUT2D eigenvalue weighted by molar-refractivity contribution is 6.32. The molecule has 0 bridgehead atoms. The largest absolute Gasteiger partial charge is 0.490 e. The Kier molecular flexibility index (Phi) is 6.23. The van der Waals surface area contributed by atoms with Crippen molar-refractivity contribution in [3.8, 4) is 5.75 Å². The van der Waals surface area contributed by atoms with Gasteiger partial charge in [0.25, 0.3) is 0 Å². The van der Waals surface area contributed by atoms with Gasteiger partial charge in [-0.25, -0.2) is 9.18 Å². The first-order valence-electron chi connectivity index (χ1n) is 7.20. The molecule has 0 spiro atoms. The van der Waals surface area contributed by atoms with E-state index >= 15 is 0 Å². The molecular formula is C17H18ClFN2O2. The second-order valence-corrected chi connectivity index (χ2v) is 5.39. The zero-order chi connectivity index (χ0) is 16.7. The molecule has 0 aliphatic heterocycles. The molecule has 0 aliphatic carbocycles. The molecule has 23 heavy (non-hydrogen) atoms. The minimum Gasteiger partial charge on any atom is -0.490 e. The summed E-state index contributed by atoms with van der Waals surface area (Å²) < 4.78 is 18.9. The number of rotatable bonds is 6. The Balaban J connectivity index is 1.69. The standard InChI is InChI=1S/C17H18ClFN2O2/c1-12-6-7-14(18)16(10-12)23-9-8-20-17(22)21-11-13-4-2-3-5-15(13)19/h2-7,10H,8-9,11H2,1H3,(H2,20,21,22). The molecule has 122 valence electrons. The van der Waals surface area contributed by atoms with E-state index in [-0.39, 0.29) is 25.0 Å². The average Bonchev–Trinajstić information content (AvgIpc) is 2.54. The summed E-state index contributed by atoms with van der Waals surface area (Å²) in [6.07, 6.45) is 0. The molecule has 2 N–H and O–H groups in total. The average molecular weight is 337 g/mol. The summed E-state index contributed by atoms with van der Waals surface area (Å²) in [5.74, 6) is 0.241. The Morgan fingerprint density at radius 1 is 1.22 bits per heavy atom. The van der Waals surface area contributed by atoms with Crippen LogP contribution in [0.2, 0.25) is 5.02 Å². The van der Waals surface area contributed by atoms with Crippen molar-refractivity contribution in [3.63, 3.8) is 0 Å². The molecule has 0 radical (unpaired) electrons. The molecular weight excluding hydrogens is 319 g/mol. The highest BCUT2D eigenvalue weighted by atomic mass is 35.5. The van der Waals surface area contributed by atoms with E-state index in [1.54, 1.807) is 24.3 Å². The van der Waals surface area contributed by atoms with Crippen LogP contribution in [0.15, 0.2) is 42.5 Å². The molecule has 2 rings (SSSR count). The number of hydrogen-bond donors (Lipinski definition) is 2. The van der Waals surface area contributed by atoms with Crippen molar-refractivity contribution < 1.29 is 13.9 Å². The quantitative estimate of drug-likeness (QED) is 0.791. The highest BCUT2D eigenvalue weighted by Gasteiger charge is 2.05. The minimum absolute atomic E-state index is 0.128. The predicted molar refractivity (Wildman–Crippen MR) is 88.3 cm³/mol. The SMILES string of the molecule is Cc1ccc(Cl)c(OCCNC(=O)NCc2ccccc2F)c1. The van der Waals surface area contributed by atoms with Crippen LogP contribution in [0.5, 0.6) is 5.75 Å². The van der Waals surface area contributed by atoms with Crippen molar-refractivity contribution in [2.45, 2.75) is 13.5 Å². The van der Waals surface area contributed by atoms with E-state index in [4.69, 9.17) is 16.3 Å². The number of nitrogens with one attached hydrogen (secondary N) is 2. The summed E-state index contributed by atoms with van der Waals surface area (Å²) in [7, 11) is 0. The van der Waals surface area contributed by atoms with Gasteiger partial charge in [0.15, 0.2) is 0 Å². The Morgan fingerprint density at radius 2 is 2.00 bits per heavy atom. The van der Waals surface area contributed by atoms with Gasteiger partial charge in [-0.1, -0.05) is 35.9 Å². The third-order valence-corrected chi connectivity index (χ3v) is 3.44. The second kappa shape index (κ2) is 8.39. The van der Waals surface area contributed by atoms with Crippen LogP contribution in [0.25, 0.3) is 0 Å². The molecule has 0 saturated carbocycles. The van der Waals surface area contributed by atoms with Crippen molar-refractivity contribution in [1.82, 2.24) is 10.6 Å². The Labute approximate surface area is 139 Å². The Hall–Kier alpha value is -2.27. The molecule has 0 heterocycles. The van der Waals surface area contributed by atoms with Gasteiger partial charge >= 0.3 is 6.03 Å². The number of amides is 2. The van der Waals surface area contributed by atoms with Crippen molar-refractivity contribution in [1.29, 1.82) is 0 Å². The summed E-state index contributed by atoms with van der Waals surface area (Å²) in [6.45, 7) is 2.67. The van der Waals surface area contributed by atoms with Crippen molar-refractivity contribution in [2.75, 3.05) is 13.2 Å². The molecule has 0 fully saturated rings. The van der Waals surface area contributed by atoms with Crippen LogP contribution < -0.4 is 15.4 Å². The number of hydrogen-bond acceptors (Lipinski definition) is 2. The van der Waals surface area contributed by atoms with Gasteiger partial charge in [-0.15, -0.1) is 0 Å². The van der Waals surface area contributed by atoms with Gasteiger partial charge in [0.2, 0.25) is 0 Å². The van der Waals surface area contributed by atoms with Gasteiger partial charge in [-0.05, 0) is 30.7 Å². The van der Waals surface area contributed by atoms with E-state index in [2.05, 4.69) is 10.6 Å². The lowest BCUT2D eigenvalue weighted by molar-refractivity contribution is 0.236. The third kappa shape index (κ3) is 5.45. The van der Waals surface area contributed by atoms with Crippen molar-refractivity contribution in [3.05, 3.63) is 64.4 Å². The lowest BCUT2D eigenvalue weighted by Gasteiger charge is -2.11. The Morgan fingerprint density at radius 3 is 2.78 bits per heavy atom.